The summed E-state index contributed by atoms with van der Waals surface area (Å²) in [6, 6.07) is 7.20. The van der Waals surface area contributed by atoms with Gasteiger partial charge in [0, 0.05) is 37.8 Å². The van der Waals surface area contributed by atoms with Gasteiger partial charge in [-0.1, -0.05) is 13.0 Å². The molecule has 1 aromatic carbocycles. The summed E-state index contributed by atoms with van der Waals surface area (Å²) in [7, 11) is 0. The van der Waals surface area contributed by atoms with Gasteiger partial charge in [0.05, 0.1) is 5.92 Å². The van der Waals surface area contributed by atoms with Crippen molar-refractivity contribution < 1.29 is 24.2 Å². The highest BCUT2D eigenvalue weighted by molar-refractivity contribution is 5.95. The quantitative estimate of drug-likeness (QED) is 0.865. The predicted molar refractivity (Wildman–Crippen MR) is 95.0 cm³/mol. The minimum atomic E-state index is -0.797. The van der Waals surface area contributed by atoms with E-state index >= 15 is 0 Å². The zero-order valence-electron chi connectivity index (χ0n) is 14.9. The lowest BCUT2D eigenvalue weighted by Crippen LogP contribution is -2.46. The Morgan fingerprint density at radius 1 is 1.31 bits per heavy atom. The highest BCUT2D eigenvalue weighted by Crippen LogP contribution is 2.26. The van der Waals surface area contributed by atoms with Crippen molar-refractivity contribution in [1.29, 1.82) is 0 Å². The Balaban J connectivity index is 1.55. The first-order valence-corrected chi connectivity index (χ1v) is 8.99. The van der Waals surface area contributed by atoms with E-state index in [0.717, 1.165) is 12.1 Å². The molecule has 1 aromatic rings. The topological polar surface area (TPSA) is 87.2 Å². The predicted octanol–water partition coefficient (Wildman–Crippen LogP) is 1.76. The lowest BCUT2D eigenvalue weighted by Gasteiger charge is -2.34. The van der Waals surface area contributed by atoms with Crippen molar-refractivity contribution in [2.75, 3.05) is 31.1 Å². The first-order valence-electron chi connectivity index (χ1n) is 8.99. The molecule has 7 heteroatoms. The fourth-order valence-corrected chi connectivity index (χ4v) is 3.64. The van der Waals surface area contributed by atoms with Crippen LogP contribution in [0.25, 0.3) is 0 Å². The number of likely N-dealkylation sites (tertiary alicyclic amines) is 1. The molecule has 0 saturated carbocycles. The van der Waals surface area contributed by atoms with Crippen molar-refractivity contribution in [2.45, 2.75) is 26.2 Å². The molecule has 0 aliphatic carbocycles. The molecule has 2 fully saturated rings. The van der Waals surface area contributed by atoms with E-state index in [-0.39, 0.29) is 24.3 Å². The summed E-state index contributed by atoms with van der Waals surface area (Å²) < 4.78 is 5.62. The van der Waals surface area contributed by atoms with Crippen LogP contribution in [-0.4, -0.2) is 54.0 Å². The summed E-state index contributed by atoms with van der Waals surface area (Å²) in [5.41, 5.74) is 0.786. The van der Waals surface area contributed by atoms with E-state index in [9.17, 15) is 14.4 Å². The first-order chi connectivity index (χ1) is 12.5. The van der Waals surface area contributed by atoms with Gasteiger partial charge in [0.15, 0.2) is 6.61 Å². The van der Waals surface area contributed by atoms with Gasteiger partial charge in [-0.2, -0.15) is 0 Å². The molecular weight excluding hydrogens is 336 g/mol. The lowest BCUT2D eigenvalue weighted by molar-refractivity contribution is -0.148. The van der Waals surface area contributed by atoms with Crippen LogP contribution in [0.5, 0.6) is 5.75 Å². The van der Waals surface area contributed by atoms with E-state index < -0.39 is 11.9 Å². The van der Waals surface area contributed by atoms with Gasteiger partial charge in [0.25, 0.3) is 5.91 Å². The Morgan fingerprint density at radius 3 is 2.77 bits per heavy atom. The molecule has 2 heterocycles. The average molecular weight is 360 g/mol. The number of carbonyl (C=O) groups is 3. The Bertz CT molecular complexity index is 705. The number of carboxylic acids is 1. The number of rotatable bonds is 5. The van der Waals surface area contributed by atoms with Gasteiger partial charge < -0.3 is 19.6 Å². The molecule has 26 heavy (non-hydrogen) atoms. The van der Waals surface area contributed by atoms with Crippen LogP contribution in [0.2, 0.25) is 0 Å². The molecule has 0 aromatic heterocycles. The first kappa shape index (κ1) is 18.2. The number of aliphatic carboxylic acids is 1. The highest BCUT2D eigenvalue weighted by atomic mass is 16.5. The van der Waals surface area contributed by atoms with Gasteiger partial charge in [0.1, 0.15) is 5.75 Å². The molecule has 140 valence electrons. The summed E-state index contributed by atoms with van der Waals surface area (Å²) in [6.07, 6.45) is 1.88. The second-order valence-electron chi connectivity index (χ2n) is 6.99. The molecule has 2 amide bonds. The number of ether oxygens (including phenoxy) is 1. The number of hydrogen-bond acceptors (Lipinski definition) is 4. The van der Waals surface area contributed by atoms with Crippen LogP contribution < -0.4 is 9.64 Å². The lowest BCUT2D eigenvalue weighted by atomic mass is 9.87. The summed E-state index contributed by atoms with van der Waals surface area (Å²) in [5, 5.41) is 9.16. The number of nitrogens with zero attached hydrogens (tertiary/aromatic N) is 2. The molecule has 2 atom stereocenters. The number of hydrogen-bond donors (Lipinski definition) is 1. The minimum absolute atomic E-state index is 0.0743. The van der Waals surface area contributed by atoms with Gasteiger partial charge in [0.2, 0.25) is 5.91 Å². The number of anilines is 1. The van der Waals surface area contributed by atoms with Crippen LogP contribution >= 0.6 is 0 Å². The second kappa shape index (κ2) is 7.76. The van der Waals surface area contributed by atoms with Crippen LogP contribution in [0.4, 0.5) is 5.69 Å². The maximum atomic E-state index is 12.4. The van der Waals surface area contributed by atoms with E-state index in [4.69, 9.17) is 9.84 Å². The Kier molecular flexibility index (Phi) is 5.44. The average Bonchev–Trinajstić information content (AvgIpc) is 3.05. The maximum Gasteiger partial charge on any atom is 0.306 e. The molecule has 2 unspecified atom stereocenters. The second-order valence-corrected chi connectivity index (χ2v) is 6.99. The van der Waals surface area contributed by atoms with Crippen LogP contribution in [0.3, 0.4) is 0 Å². The van der Waals surface area contributed by atoms with Crippen molar-refractivity contribution >= 4 is 23.5 Å². The molecule has 7 nitrogen and oxygen atoms in total. The maximum absolute atomic E-state index is 12.4. The SMILES string of the molecule is CC1CN(C(=O)COc2cccc(N3CCCC3=O)c2)CCC1C(=O)O. The zero-order valence-corrected chi connectivity index (χ0v) is 14.9. The van der Waals surface area contributed by atoms with Gasteiger partial charge >= 0.3 is 5.97 Å². The standard InChI is InChI=1S/C19H24N2O5/c1-13-11-20(9-7-16(13)19(24)25)18(23)12-26-15-5-2-4-14(10-15)21-8-3-6-17(21)22/h2,4-5,10,13,16H,3,6-9,11-12H2,1H3,(H,24,25). The van der Waals surface area contributed by atoms with E-state index in [1.165, 1.54) is 0 Å². The highest BCUT2D eigenvalue weighted by Gasteiger charge is 2.33. The minimum Gasteiger partial charge on any atom is -0.484 e. The summed E-state index contributed by atoms with van der Waals surface area (Å²) in [4.78, 5) is 38.8. The molecular formula is C19H24N2O5. The summed E-state index contributed by atoms with van der Waals surface area (Å²) in [6.45, 7) is 3.34. The Morgan fingerprint density at radius 2 is 2.12 bits per heavy atom. The number of carboxylic acid groups (broad SMARTS) is 1. The molecule has 2 aliphatic rings. The zero-order chi connectivity index (χ0) is 18.7. The van der Waals surface area contributed by atoms with Crippen LogP contribution in [-0.2, 0) is 14.4 Å². The third-order valence-corrected chi connectivity index (χ3v) is 5.14. The van der Waals surface area contributed by atoms with Gasteiger partial charge in [-0.05, 0) is 30.9 Å². The number of amides is 2. The van der Waals surface area contributed by atoms with Crippen molar-refractivity contribution in [3.05, 3.63) is 24.3 Å². The summed E-state index contributed by atoms with van der Waals surface area (Å²) in [5.74, 6) is -0.764. The molecule has 0 radical (unpaired) electrons. The van der Waals surface area contributed by atoms with Crippen molar-refractivity contribution in [1.82, 2.24) is 4.90 Å². The largest absolute Gasteiger partial charge is 0.484 e. The van der Waals surface area contributed by atoms with E-state index in [2.05, 4.69) is 0 Å². The van der Waals surface area contributed by atoms with Crippen LogP contribution in [0.1, 0.15) is 26.2 Å². The Labute approximate surface area is 152 Å². The fraction of sp³-hybridized carbons (Fsp3) is 0.526. The molecule has 0 spiro atoms. The van der Waals surface area contributed by atoms with E-state index in [0.29, 0.717) is 38.2 Å². The van der Waals surface area contributed by atoms with Crippen LogP contribution in [0, 0.1) is 11.8 Å². The van der Waals surface area contributed by atoms with Gasteiger partial charge in [-0.15, -0.1) is 0 Å². The van der Waals surface area contributed by atoms with E-state index in [1.807, 2.05) is 13.0 Å². The van der Waals surface area contributed by atoms with Gasteiger partial charge in [-0.25, -0.2) is 0 Å². The molecule has 3 rings (SSSR count). The number of carbonyl (C=O) groups excluding carboxylic acids is 2. The summed E-state index contributed by atoms with van der Waals surface area (Å²) >= 11 is 0. The van der Waals surface area contributed by atoms with Crippen molar-refractivity contribution in [3.63, 3.8) is 0 Å². The van der Waals surface area contributed by atoms with Crippen molar-refractivity contribution in [2.24, 2.45) is 11.8 Å². The van der Waals surface area contributed by atoms with Crippen LogP contribution in [0.15, 0.2) is 24.3 Å². The number of piperidine rings is 1. The molecule has 1 N–H and O–H groups in total. The third-order valence-electron chi connectivity index (χ3n) is 5.14. The monoisotopic (exact) mass is 360 g/mol. The van der Waals surface area contributed by atoms with Gasteiger partial charge in [-0.3, -0.25) is 14.4 Å². The smallest absolute Gasteiger partial charge is 0.306 e. The van der Waals surface area contributed by atoms with E-state index in [1.54, 1.807) is 28.0 Å². The fourth-order valence-electron chi connectivity index (χ4n) is 3.64. The van der Waals surface area contributed by atoms with Crippen molar-refractivity contribution in [3.8, 4) is 5.75 Å². The molecule has 2 aliphatic heterocycles. The number of benzene rings is 1. The third kappa shape index (κ3) is 3.98. The molecule has 2 saturated heterocycles. The normalized spacial score (nSPS) is 23.2. The molecule has 0 bridgehead atoms. The Hall–Kier alpha value is -2.57.